The van der Waals surface area contributed by atoms with Gasteiger partial charge in [0.05, 0.1) is 17.1 Å². The fraction of sp³-hybridized carbons (Fsp3) is 0.0714. The van der Waals surface area contributed by atoms with Gasteiger partial charge in [0.25, 0.3) is 5.91 Å². The van der Waals surface area contributed by atoms with E-state index >= 15 is 0 Å². The number of amides is 1. The van der Waals surface area contributed by atoms with Crippen molar-refractivity contribution < 1.29 is 4.79 Å². The molecule has 4 rings (SSSR count). The van der Waals surface area contributed by atoms with Crippen LogP contribution in [0.25, 0.3) is 14.8 Å². The van der Waals surface area contributed by atoms with Crippen molar-refractivity contribution in [3.63, 3.8) is 0 Å². The highest BCUT2D eigenvalue weighted by Gasteiger charge is 2.13. The second kappa shape index (κ2) is 5.64. The van der Waals surface area contributed by atoms with Gasteiger partial charge in [-0.2, -0.15) is 0 Å². The van der Waals surface area contributed by atoms with Crippen LogP contribution in [-0.4, -0.2) is 20.3 Å². The van der Waals surface area contributed by atoms with E-state index in [1.54, 1.807) is 28.1 Å². The lowest BCUT2D eigenvalue weighted by Gasteiger charge is -1.99. The third-order valence-electron chi connectivity index (χ3n) is 3.04. The Morgan fingerprint density at radius 2 is 2.18 bits per heavy atom. The van der Waals surface area contributed by atoms with E-state index in [1.807, 2.05) is 39.7 Å². The number of nitrogens with zero attached hydrogens (tertiary/aromatic N) is 3. The molecule has 0 radical (unpaired) electrons. The smallest absolute Gasteiger partial charge is 0.271 e. The summed E-state index contributed by atoms with van der Waals surface area (Å²) in [6.45, 7) is 0.402. The van der Waals surface area contributed by atoms with Crippen LogP contribution in [0.4, 0.5) is 0 Å². The van der Waals surface area contributed by atoms with Gasteiger partial charge in [-0.15, -0.1) is 34.0 Å². The number of nitrogens with one attached hydrogen (secondary N) is 1. The normalized spacial score (nSPS) is 11.1. The Bertz CT molecular complexity index is 891. The van der Waals surface area contributed by atoms with E-state index in [9.17, 15) is 4.79 Å². The number of thiophene rings is 1. The summed E-state index contributed by atoms with van der Waals surface area (Å²) in [4.78, 5) is 23.0. The average Bonchev–Trinajstić information content (AvgIpc) is 3.26. The van der Waals surface area contributed by atoms with Crippen LogP contribution in [0.5, 0.6) is 0 Å². The summed E-state index contributed by atoms with van der Waals surface area (Å²) in [5.74, 6) is -0.171. The van der Waals surface area contributed by atoms with Gasteiger partial charge in [0.1, 0.15) is 10.7 Å². The van der Waals surface area contributed by atoms with Gasteiger partial charge in [-0.05, 0) is 11.4 Å². The molecule has 4 aromatic heterocycles. The zero-order valence-corrected chi connectivity index (χ0v) is 13.7. The first-order chi connectivity index (χ1) is 10.8. The zero-order valence-electron chi connectivity index (χ0n) is 11.2. The Morgan fingerprint density at radius 1 is 1.23 bits per heavy atom. The summed E-state index contributed by atoms with van der Waals surface area (Å²) < 4.78 is 1.95. The number of imidazole rings is 1. The van der Waals surface area contributed by atoms with E-state index in [-0.39, 0.29) is 5.91 Å². The number of thiazole rings is 2. The maximum Gasteiger partial charge on any atom is 0.271 e. The molecule has 5 nitrogen and oxygen atoms in total. The Hall–Kier alpha value is -2.03. The van der Waals surface area contributed by atoms with Crippen LogP contribution in [0.15, 0.2) is 40.7 Å². The first kappa shape index (κ1) is 13.6. The van der Waals surface area contributed by atoms with E-state index in [0.29, 0.717) is 12.2 Å². The molecule has 1 N–H and O–H groups in total. The summed E-state index contributed by atoms with van der Waals surface area (Å²) in [6.07, 6.45) is 3.87. The highest BCUT2D eigenvalue weighted by atomic mass is 32.1. The number of carbonyl (C=O) groups excluding carboxylic acids is 1. The van der Waals surface area contributed by atoms with Crippen molar-refractivity contribution in [3.8, 4) is 9.88 Å². The molecule has 110 valence electrons. The molecule has 4 aromatic rings. The second-order valence-electron chi connectivity index (χ2n) is 4.52. The van der Waals surface area contributed by atoms with E-state index in [0.717, 1.165) is 20.5 Å². The molecule has 0 aliphatic carbocycles. The van der Waals surface area contributed by atoms with Crippen molar-refractivity contribution in [2.24, 2.45) is 0 Å². The highest BCUT2D eigenvalue weighted by molar-refractivity contribution is 7.20. The molecule has 0 unspecified atom stereocenters. The molecule has 0 aliphatic heterocycles. The van der Waals surface area contributed by atoms with Gasteiger partial charge in [-0.1, -0.05) is 6.07 Å². The highest BCUT2D eigenvalue weighted by Crippen LogP contribution is 2.27. The summed E-state index contributed by atoms with van der Waals surface area (Å²) in [7, 11) is 0. The second-order valence-corrected chi connectivity index (χ2v) is 7.20. The molecule has 0 aliphatic rings. The summed E-state index contributed by atoms with van der Waals surface area (Å²) in [6, 6.07) is 3.98. The van der Waals surface area contributed by atoms with Crippen molar-refractivity contribution in [2.45, 2.75) is 6.54 Å². The van der Waals surface area contributed by atoms with Crippen LogP contribution in [0.3, 0.4) is 0 Å². The third-order valence-corrected chi connectivity index (χ3v) is 5.69. The van der Waals surface area contributed by atoms with Crippen molar-refractivity contribution >= 4 is 44.9 Å². The van der Waals surface area contributed by atoms with Gasteiger partial charge in [0, 0.05) is 23.2 Å². The van der Waals surface area contributed by atoms with Crippen LogP contribution in [0.1, 0.15) is 16.2 Å². The molecule has 4 heterocycles. The van der Waals surface area contributed by atoms with E-state index in [1.165, 1.54) is 11.3 Å². The Kier molecular flexibility index (Phi) is 3.49. The summed E-state index contributed by atoms with van der Waals surface area (Å²) in [5, 5.41) is 9.51. The zero-order chi connectivity index (χ0) is 14.9. The number of fused-ring (bicyclic) bond motifs is 1. The Balaban J connectivity index is 1.44. The van der Waals surface area contributed by atoms with Crippen molar-refractivity contribution in [1.29, 1.82) is 0 Å². The van der Waals surface area contributed by atoms with Crippen LogP contribution in [-0.2, 0) is 6.54 Å². The minimum Gasteiger partial charge on any atom is -0.345 e. The molecule has 0 fully saturated rings. The van der Waals surface area contributed by atoms with Gasteiger partial charge in [0.2, 0.25) is 0 Å². The van der Waals surface area contributed by atoms with Crippen LogP contribution in [0.2, 0.25) is 0 Å². The number of hydrogen-bond acceptors (Lipinski definition) is 6. The van der Waals surface area contributed by atoms with E-state index in [4.69, 9.17) is 0 Å². The van der Waals surface area contributed by atoms with Crippen molar-refractivity contribution in [3.05, 3.63) is 52.1 Å². The topological polar surface area (TPSA) is 59.3 Å². The maximum atomic E-state index is 12.2. The van der Waals surface area contributed by atoms with E-state index < -0.39 is 0 Å². The van der Waals surface area contributed by atoms with Gasteiger partial charge in [-0.3, -0.25) is 9.20 Å². The van der Waals surface area contributed by atoms with Gasteiger partial charge in [-0.25, -0.2) is 9.97 Å². The number of carbonyl (C=O) groups is 1. The molecule has 8 heteroatoms. The standard InChI is InChI=1S/C14H10N4OS3/c19-12(10-8-22-13(17-10)11-2-1-4-20-11)15-6-9-7-18-3-5-21-14(18)16-9/h1-5,7-8H,6H2,(H,15,19). The predicted molar refractivity (Wildman–Crippen MR) is 89.7 cm³/mol. The fourth-order valence-corrected chi connectivity index (χ4v) is 4.35. The molecule has 0 spiro atoms. The summed E-state index contributed by atoms with van der Waals surface area (Å²) >= 11 is 4.67. The first-order valence-corrected chi connectivity index (χ1v) is 9.12. The molecule has 22 heavy (non-hydrogen) atoms. The summed E-state index contributed by atoms with van der Waals surface area (Å²) in [5.41, 5.74) is 1.29. The predicted octanol–water partition coefficient (Wildman–Crippen LogP) is 3.51. The molecule has 1 amide bonds. The molecule has 0 saturated carbocycles. The number of aromatic nitrogens is 3. The number of hydrogen-bond donors (Lipinski definition) is 1. The molecular weight excluding hydrogens is 336 g/mol. The number of rotatable bonds is 4. The minimum atomic E-state index is -0.171. The van der Waals surface area contributed by atoms with Crippen LogP contribution < -0.4 is 5.32 Å². The monoisotopic (exact) mass is 346 g/mol. The quantitative estimate of drug-likeness (QED) is 0.615. The molecule has 0 bridgehead atoms. The SMILES string of the molecule is O=C(NCc1cn2ccsc2n1)c1csc(-c2cccs2)n1. The van der Waals surface area contributed by atoms with Gasteiger partial charge >= 0.3 is 0 Å². The maximum absolute atomic E-state index is 12.2. The van der Waals surface area contributed by atoms with Crippen LogP contribution >= 0.6 is 34.0 Å². The Morgan fingerprint density at radius 3 is 3.00 bits per heavy atom. The van der Waals surface area contributed by atoms with Crippen molar-refractivity contribution in [2.75, 3.05) is 0 Å². The Labute approximate surface area is 137 Å². The van der Waals surface area contributed by atoms with Crippen LogP contribution in [0, 0.1) is 0 Å². The molecule has 0 saturated heterocycles. The lowest BCUT2D eigenvalue weighted by molar-refractivity contribution is 0.0946. The largest absolute Gasteiger partial charge is 0.345 e. The lowest BCUT2D eigenvalue weighted by atomic mass is 10.4. The fourth-order valence-electron chi connectivity index (χ4n) is 2.01. The lowest BCUT2D eigenvalue weighted by Crippen LogP contribution is -2.23. The van der Waals surface area contributed by atoms with Gasteiger partial charge in [0.15, 0.2) is 4.96 Å². The molecule has 0 atom stereocenters. The minimum absolute atomic E-state index is 0.171. The van der Waals surface area contributed by atoms with Crippen molar-refractivity contribution in [1.82, 2.24) is 19.7 Å². The molecule has 0 aromatic carbocycles. The third kappa shape index (κ3) is 2.56. The van der Waals surface area contributed by atoms with E-state index in [2.05, 4.69) is 15.3 Å². The average molecular weight is 346 g/mol. The van der Waals surface area contributed by atoms with Gasteiger partial charge < -0.3 is 5.32 Å². The first-order valence-electron chi connectivity index (χ1n) is 6.48. The molecular formula is C14H10N4OS3.